The summed E-state index contributed by atoms with van der Waals surface area (Å²) in [5, 5.41) is 10.7. The molecule has 0 heterocycles. The molecule has 0 atom stereocenters. The minimum absolute atomic E-state index is 0.0617. The number of nitro groups is 1. The molecule has 0 aromatic heterocycles. The van der Waals surface area contributed by atoms with Crippen LogP contribution in [0, 0.1) is 10.1 Å². The Morgan fingerprint density at radius 3 is 2.36 bits per heavy atom. The summed E-state index contributed by atoms with van der Waals surface area (Å²) in [5.74, 6) is 1.50. The molecular weight excluding hydrogens is 356 g/mol. The van der Waals surface area contributed by atoms with Crippen molar-refractivity contribution in [1.29, 1.82) is 0 Å². The van der Waals surface area contributed by atoms with E-state index in [0.29, 0.717) is 19.0 Å². The zero-order valence-corrected chi connectivity index (χ0v) is 15.4. The monoisotopic (exact) mass is 376 g/mol. The number of hydrogen-bond acceptors (Lipinski definition) is 5. The highest BCUT2D eigenvalue weighted by Gasteiger charge is 2.05. The lowest BCUT2D eigenvalue weighted by atomic mass is 10.2. The molecule has 0 saturated heterocycles. The fourth-order valence-corrected chi connectivity index (χ4v) is 2.53. The molecule has 0 saturated carbocycles. The molecule has 3 aromatic rings. The molecule has 6 heteroatoms. The molecule has 0 bridgehead atoms. The third-order valence-electron chi connectivity index (χ3n) is 3.96. The third-order valence-corrected chi connectivity index (χ3v) is 3.96. The summed E-state index contributed by atoms with van der Waals surface area (Å²) >= 11 is 0. The first-order valence-corrected chi connectivity index (χ1v) is 8.88. The van der Waals surface area contributed by atoms with E-state index in [4.69, 9.17) is 9.47 Å². The van der Waals surface area contributed by atoms with E-state index in [0.717, 1.165) is 22.6 Å². The number of hydrogen-bond donors (Lipinski definition) is 0. The number of ether oxygens (including phenoxy) is 2. The molecule has 28 heavy (non-hydrogen) atoms. The fourth-order valence-electron chi connectivity index (χ4n) is 2.53. The van der Waals surface area contributed by atoms with Crippen molar-refractivity contribution in [3.05, 3.63) is 94.0 Å². The second-order valence-corrected chi connectivity index (χ2v) is 5.94. The molecule has 0 aliphatic rings. The van der Waals surface area contributed by atoms with E-state index in [1.807, 2.05) is 55.5 Å². The van der Waals surface area contributed by atoms with Gasteiger partial charge in [0.2, 0.25) is 0 Å². The quantitative estimate of drug-likeness (QED) is 0.303. The molecule has 0 N–H and O–H groups in total. The van der Waals surface area contributed by atoms with Crippen LogP contribution in [-0.2, 0) is 6.61 Å². The zero-order chi connectivity index (χ0) is 19.8. The Labute approximate surface area is 163 Å². The summed E-state index contributed by atoms with van der Waals surface area (Å²) < 4.78 is 11.3. The maximum absolute atomic E-state index is 10.7. The van der Waals surface area contributed by atoms with Crippen LogP contribution in [0.2, 0.25) is 0 Å². The van der Waals surface area contributed by atoms with Crippen LogP contribution in [0.3, 0.4) is 0 Å². The van der Waals surface area contributed by atoms with E-state index in [-0.39, 0.29) is 5.69 Å². The molecule has 0 spiro atoms. The van der Waals surface area contributed by atoms with E-state index >= 15 is 0 Å². The molecule has 142 valence electrons. The van der Waals surface area contributed by atoms with Gasteiger partial charge in [0.05, 0.1) is 17.2 Å². The number of non-ortho nitro benzene ring substituents is 1. The number of aliphatic imine (C=N–C) groups is 1. The average Bonchev–Trinajstić information content (AvgIpc) is 2.73. The molecule has 3 rings (SSSR count). The Morgan fingerprint density at radius 1 is 0.964 bits per heavy atom. The van der Waals surface area contributed by atoms with Gasteiger partial charge in [0.1, 0.15) is 18.1 Å². The second kappa shape index (κ2) is 9.32. The van der Waals surface area contributed by atoms with Gasteiger partial charge in [-0.15, -0.1) is 0 Å². The van der Waals surface area contributed by atoms with Crippen molar-refractivity contribution < 1.29 is 14.4 Å². The Bertz CT molecular complexity index is 951. The lowest BCUT2D eigenvalue weighted by Gasteiger charge is -2.09. The van der Waals surface area contributed by atoms with Gasteiger partial charge in [0.25, 0.3) is 5.69 Å². The van der Waals surface area contributed by atoms with Crippen LogP contribution in [0.5, 0.6) is 11.5 Å². The van der Waals surface area contributed by atoms with Crippen LogP contribution in [0.15, 0.2) is 77.8 Å². The number of nitro benzene ring substituents is 1. The lowest BCUT2D eigenvalue weighted by molar-refractivity contribution is -0.384. The van der Waals surface area contributed by atoms with E-state index in [9.17, 15) is 10.1 Å². The van der Waals surface area contributed by atoms with Crippen LogP contribution in [0.25, 0.3) is 0 Å². The SMILES string of the molecule is CCOc1ccc(N=Cc2ccccc2OCc2ccc([N+](=O)[O-])cc2)cc1. The van der Waals surface area contributed by atoms with E-state index in [1.165, 1.54) is 12.1 Å². The van der Waals surface area contributed by atoms with Gasteiger partial charge in [-0.1, -0.05) is 12.1 Å². The van der Waals surface area contributed by atoms with Crippen molar-refractivity contribution >= 4 is 17.6 Å². The maximum atomic E-state index is 10.7. The molecule has 0 fully saturated rings. The van der Waals surface area contributed by atoms with Gasteiger partial charge in [-0.3, -0.25) is 15.1 Å². The minimum Gasteiger partial charge on any atom is -0.494 e. The van der Waals surface area contributed by atoms with Crippen LogP contribution >= 0.6 is 0 Å². The Balaban J connectivity index is 1.67. The van der Waals surface area contributed by atoms with Crippen molar-refractivity contribution in [2.45, 2.75) is 13.5 Å². The molecule has 0 unspecified atom stereocenters. The molecule has 3 aromatic carbocycles. The van der Waals surface area contributed by atoms with Crippen molar-refractivity contribution in [1.82, 2.24) is 0 Å². The summed E-state index contributed by atoms with van der Waals surface area (Å²) in [6.07, 6.45) is 1.75. The Hall–Kier alpha value is -3.67. The molecule has 0 aliphatic heterocycles. The smallest absolute Gasteiger partial charge is 0.269 e. The first-order chi connectivity index (χ1) is 13.7. The predicted octanol–water partition coefficient (Wildman–Crippen LogP) is 5.32. The number of para-hydroxylation sites is 1. The highest BCUT2D eigenvalue weighted by Crippen LogP contribution is 2.21. The summed E-state index contributed by atoms with van der Waals surface area (Å²) in [7, 11) is 0. The first kappa shape index (κ1) is 19.1. The van der Waals surface area contributed by atoms with Crippen molar-refractivity contribution in [2.75, 3.05) is 6.61 Å². The normalized spacial score (nSPS) is 10.8. The van der Waals surface area contributed by atoms with Gasteiger partial charge in [-0.05, 0) is 61.0 Å². The zero-order valence-electron chi connectivity index (χ0n) is 15.4. The van der Waals surface area contributed by atoms with Crippen LogP contribution in [-0.4, -0.2) is 17.7 Å². The topological polar surface area (TPSA) is 74.0 Å². The van der Waals surface area contributed by atoms with E-state index in [2.05, 4.69) is 4.99 Å². The Morgan fingerprint density at radius 2 is 1.68 bits per heavy atom. The maximum Gasteiger partial charge on any atom is 0.269 e. The van der Waals surface area contributed by atoms with Gasteiger partial charge >= 0.3 is 0 Å². The van der Waals surface area contributed by atoms with Gasteiger partial charge < -0.3 is 9.47 Å². The molecule has 0 amide bonds. The van der Waals surface area contributed by atoms with Crippen LogP contribution < -0.4 is 9.47 Å². The molecule has 6 nitrogen and oxygen atoms in total. The summed E-state index contributed by atoms with van der Waals surface area (Å²) in [5.41, 5.74) is 2.57. The molecule has 0 radical (unpaired) electrons. The predicted molar refractivity (Wildman–Crippen MR) is 109 cm³/mol. The van der Waals surface area contributed by atoms with E-state index < -0.39 is 4.92 Å². The first-order valence-electron chi connectivity index (χ1n) is 8.88. The summed E-state index contributed by atoms with van der Waals surface area (Å²) in [6.45, 7) is 2.88. The average molecular weight is 376 g/mol. The number of rotatable bonds is 8. The van der Waals surface area contributed by atoms with Gasteiger partial charge in [0.15, 0.2) is 0 Å². The lowest BCUT2D eigenvalue weighted by Crippen LogP contribution is -1.98. The van der Waals surface area contributed by atoms with Crippen molar-refractivity contribution in [2.24, 2.45) is 4.99 Å². The minimum atomic E-state index is -0.419. The molecule has 0 aliphatic carbocycles. The second-order valence-electron chi connectivity index (χ2n) is 5.94. The summed E-state index contributed by atoms with van der Waals surface area (Å²) in [4.78, 5) is 14.8. The summed E-state index contributed by atoms with van der Waals surface area (Å²) in [6, 6.07) is 21.5. The highest BCUT2D eigenvalue weighted by atomic mass is 16.6. The molecular formula is C22H20N2O4. The Kier molecular flexibility index (Phi) is 6.36. The van der Waals surface area contributed by atoms with Crippen molar-refractivity contribution in [3.8, 4) is 11.5 Å². The number of benzene rings is 3. The van der Waals surface area contributed by atoms with Crippen molar-refractivity contribution in [3.63, 3.8) is 0 Å². The standard InChI is InChI=1S/C22H20N2O4/c1-2-27-21-13-9-19(10-14-21)23-15-18-5-3-4-6-22(18)28-16-17-7-11-20(12-8-17)24(25)26/h3-15H,2,16H2,1H3. The van der Waals surface area contributed by atoms with Gasteiger partial charge in [-0.2, -0.15) is 0 Å². The third kappa shape index (κ3) is 5.17. The largest absolute Gasteiger partial charge is 0.494 e. The van der Waals surface area contributed by atoms with Gasteiger partial charge in [-0.25, -0.2) is 0 Å². The fraction of sp³-hybridized carbons (Fsp3) is 0.136. The van der Waals surface area contributed by atoms with Crippen LogP contribution in [0.1, 0.15) is 18.1 Å². The number of nitrogens with zero attached hydrogens (tertiary/aromatic N) is 2. The van der Waals surface area contributed by atoms with Gasteiger partial charge in [0, 0.05) is 23.9 Å². The van der Waals surface area contributed by atoms with Crippen LogP contribution in [0.4, 0.5) is 11.4 Å². The highest BCUT2D eigenvalue weighted by molar-refractivity contribution is 5.85. The van der Waals surface area contributed by atoms with E-state index in [1.54, 1.807) is 18.3 Å².